The van der Waals surface area contributed by atoms with Gasteiger partial charge in [0.1, 0.15) is 17.6 Å². The molecular weight excluding hydrogens is 272 g/mol. The van der Waals surface area contributed by atoms with Gasteiger partial charge in [0.2, 0.25) is 11.8 Å². The Kier molecular flexibility index (Phi) is 3.34. The van der Waals surface area contributed by atoms with Gasteiger partial charge in [0, 0.05) is 26.5 Å². The van der Waals surface area contributed by atoms with Crippen LogP contribution in [0, 0.1) is 0 Å². The van der Waals surface area contributed by atoms with Crippen molar-refractivity contribution in [2.45, 2.75) is 18.5 Å². The molecule has 7 nitrogen and oxygen atoms in total. The Balaban J connectivity index is 1.89. The second kappa shape index (κ2) is 5.17. The van der Waals surface area contributed by atoms with Crippen molar-refractivity contribution < 1.29 is 14.0 Å². The fraction of sp³-hybridized carbons (Fsp3) is 0.357. The van der Waals surface area contributed by atoms with Gasteiger partial charge in [-0.25, -0.2) is 4.98 Å². The molecular formula is C14H16N4O3. The molecule has 21 heavy (non-hydrogen) atoms. The van der Waals surface area contributed by atoms with Crippen molar-refractivity contribution in [1.29, 1.82) is 0 Å². The molecule has 3 rings (SSSR count). The summed E-state index contributed by atoms with van der Waals surface area (Å²) >= 11 is 0. The fourth-order valence-electron chi connectivity index (χ4n) is 2.48. The number of nitrogens with one attached hydrogen (secondary N) is 1. The molecule has 1 aliphatic heterocycles. The summed E-state index contributed by atoms with van der Waals surface area (Å²) in [4.78, 5) is 29.2. The first-order valence-corrected chi connectivity index (χ1v) is 6.65. The minimum Gasteiger partial charge on any atom is -0.467 e. The van der Waals surface area contributed by atoms with Crippen LogP contribution in [-0.2, 0) is 16.6 Å². The molecule has 2 amide bonds. The second-order valence-electron chi connectivity index (χ2n) is 5.06. The molecule has 1 aliphatic rings. The largest absolute Gasteiger partial charge is 0.467 e. The molecule has 0 saturated carbocycles. The first-order valence-electron chi connectivity index (χ1n) is 6.65. The number of aryl methyl sites for hydroxylation is 1. The van der Waals surface area contributed by atoms with Gasteiger partial charge in [-0.15, -0.1) is 0 Å². The third-order valence-electron chi connectivity index (χ3n) is 3.69. The van der Waals surface area contributed by atoms with Crippen LogP contribution in [0.2, 0.25) is 0 Å². The van der Waals surface area contributed by atoms with E-state index in [1.165, 1.54) is 7.05 Å². The van der Waals surface area contributed by atoms with E-state index in [-0.39, 0.29) is 24.3 Å². The van der Waals surface area contributed by atoms with Gasteiger partial charge < -0.3 is 8.98 Å². The van der Waals surface area contributed by atoms with Gasteiger partial charge in [-0.2, -0.15) is 0 Å². The van der Waals surface area contributed by atoms with E-state index in [1.54, 1.807) is 18.5 Å². The molecule has 0 aromatic carbocycles. The lowest BCUT2D eigenvalue weighted by atomic mass is 10.1. The third-order valence-corrected chi connectivity index (χ3v) is 3.69. The average molecular weight is 288 g/mol. The van der Waals surface area contributed by atoms with Crippen LogP contribution in [0.1, 0.15) is 24.0 Å². The summed E-state index contributed by atoms with van der Waals surface area (Å²) < 4.78 is 7.30. The summed E-state index contributed by atoms with van der Waals surface area (Å²) in [6.45, 7) is 0. The number of likely N-dealkylation sites (N-methyl/N-ethyl adjacent to an activating group) is 1. The molecule has 0 radical (unpaired) electrons. The number of amides is 2. The molecule has 2 aromatic heterocycles. The minimum atomic E-state index is -0.561. The summed E-state index contributed by atoms with van der Waals surface area (Å²) in [6, 6.07) is 2.65. The van der Waals surface area contributed by atoms with Gasteiger partial charge in [-0.1, -0.05) is 0 Å². The van der Waals surface area contributed by atoms with Gasteiger partial charge >= 0.3 is 0 Å². The van der Waals surface area contributed by atoms with Crippen molar-refractivity contribution in [2.75, 3.05) is 7.05 Å². The normalized spacial score (nSPS) is 20.3. The zero-order valence-electron chi connectivity index (χ0n) is 11.8. The standard InChI is InChI=1S/C14H16N4O3/c1-17-6-5-15-13(17)12(10-4-3-7-21-10)16-9-8-11(19)18(2)14(9)20/h3-7,9,12,16H,8H2,1-2H3. The SMILES string of the molecule is CN1C(=O)CC(NC(c2ccco2)c2nccn2C)C1=O. The van der Waals surface area contributed by atoms with Crippen LogP contribution in [0.25, 0.3) is 0 Å². The number of rotatable bonds is 4. The van der Waals surface area contributed by atoms with Gasteiger partial charge in [0.25, 0.3) is 0 Å². The van der Waals surface area contributed by atoms with Crippen molar-refractivity contribution in [3.63, 3.8) is 0 Å². The number of furan rings is 1. The van der Waals surface area contributed by atoms with E-state index in [1.807, 2.05) is 23.9 Å². The van der Waals surface area contributed by atoms with Crippen molar-refractivity contribution in [3.05, 3.63) is 42.4 Å². The Morgan fingerprint density at radius 1 is 1.43 bits per heavy atom. The van der Waals surface area contributed by atoms with Crippen LogP contribution in [0.3, 0.4) is 0 Å². The number of likely N-dealkylation sites (tertiary alicyclic amines) is 1. The van der Waals surface area contributed by atoms with Gasteiger partial charge in [0.15, 0.2) is 0 Å². The number of imide groups is 1. The van der Waals surface area contributed by atoms with E-state index < -0.39 is 6.04 Å². The van der Waals surface area contributed by atoms with E-state index in [4.69, 9.17) is 4.42 Å². The molecule has 1 N–H and O–H groups in total. The number of nitrogens with zero attached hydrogens (tertiary/aromatic N) is 3. The maximum Gasteiger partial charge on any atom is 0.246 e. The Morgan fingerprint density at radius 2 is 2.24 bits per heavy atom. The smallest absolute Gasteiger partial charge is 0.246 e. The Hall–Kier alpha value is -2.41. The maximum atomic E-state index is 12.1. The van der Waals surface area contributed by atoms with E-state index in [0.29, 0.717) is 5.76 Å². The van der Waals surface area contributed by atoms with E-state index in [9.17, 15) is 9.59 Å². The summed E-state index contributed by atoms with van der Waals surface area (Å²) in [5, 5.41) is 3.18. The predicted molar refractivity (Wildman–Crippen MR) is 73.1 cm³/mol. The Bertz CT molecular complexity index is 662. The van der Waals surface area contributed by atoms with Crippen molar-refractivity contribution in [3.8, 4) is 0 Å². The lowest BCUT2D eigenvalue weighted by Gasteiger charge is -2.19. The maximum absolute atomic E-state index is 12.1. The molecule has 2 atom stereocenters. The molecule has 110 valence electrons. The van der Waals surface area contributed by atoms with E-state index >= 15 is 0 Å². The monoisotopic (exact) mass is 288 g/mol. The molecule has 0 aliphatic carbocycles. The van der Waals surface area contributed by atoms with Crippen molar-refractivity contribution in [2.24, 2.45) is 7.05 Å². The second-order valence-corrected chi connectivity index (χ2v) is 5.06. The fourth-order valence-corrected chi connectivity index (χ4v) is 2.48. The number of hydrogen-bond donors (Lipinski definition) is 1. The highest BCUT2D eigenvalue weighted by Gasteiger charge is 2.38. The van der Waals surface area contributed by atoms with Gasteiger partial charge in [0.05, 0.1) is 18.7 Å². The minimum absolute atomic E-state index is 0.150. The number of imidazole rings is 1. The third kappa shape index (κ3) is 2.36. The van der Waals surface area contributed by atoms with Gasteiger partial charge in [-0.05, 0) is 12.1 Å². The van der Waals surface area contributed by atoms with Crippen LogP contribution < -0.4 is 5.32 Å². The van der Waals surface area contributed by atoms with Crippen LogP contribution in [0.5, 0.6) is 0 Å². The van der Waals surface area contributed by atoms with E-state index in [2.05, 4.69) is 10.3 Å². The number of hydrogen-bond acceptors (Lipinski definition) is 5. The summed E-state index contributed by atoms with van der Waals surface area (Å²) in [5.74, 6) is 0.958. The summed E-state index contributed by atoms with van der Waals surface area (Å²) in [7, 11) is 3.36. The molecule has 2 unspecified atom stereocenters. The van der Waals surface area contributed by atoms with Crippen LogP contribution in [-0.4, -0.2) is 39.4 Å². The Morgan fingerprint density at radius 3 is 2.76 bits per heavy atom. The van der Waals surface area contributed by atoms with Crippen molar-refractivity contribution in [1.82, 2.24) is 19.8 Å². The molecule has 0 spiro atoms. The van der Waals surface area contributed by atoms with Crippen LogP contribution in [0.4, 0.5) is 0 Å². The molecule has 1 saturated heterocycles. The molecule has 2 aromatic rings. The first-order chi connectivity index (χ1) is 10.1. The van der Waals surface area contributed by atoms with Crippen LogP contribution in [0.15, 0.2) is 35.2 Å². The van der Waals surface area contributed by atoms with Crippen LogP contribution >= 0.6 is 0 Å². The Labute approximate surface area is 121 Å². The van der Waals surface area contributed by atoms with E-state index in [0.717, 1.165) is 10.7 Å². The molecule has 0 bridgehead atoms. The highest BCUT2D eigenvalue weighted by Crippen LogP contribution is 2.23. The summed E-state index contributed by atoms with van der Waals surface area (Å²) in [5.41, 5.74) is 0. The highest BCUT2D eigenvalue weighted by atomic mass is 16.3. The average Bonchev–Trinajstić information content (AvgIpc) is 3.17. The van der Waals surface area contributed by atoms with Crippen molar-refractivity contribution >= 4 is 11.8 Å². The number of carbonyl (C=O) groups excluding carboxylic acids is 2. The zero-order valence-corrected chi connectivity index (χ0v) is 11.8. The predicted octanol–water partition coefficient (Wildman–Crippen LogP) is 0.449. The zero-order chi connectivity index (χ0) is 15.0. The summed E-state index contributed by atoms with van der Waals surface area (Å²) in [6.07, 6.45) is 5.22. The molecule has 1 fully saturated rings. The van der Waals surface area contributed by atoms with Gasteiger partial charge in [-0.3, -0.25) is 19.8 Å². The molecule has 7 heteroatoms. The number of aromatic nitrogens is 2. The molecule has 3 heterocycles. The lowest BCUT2D eigenvalue weighted by Crippen LogP contribution is -2.40. The quantitative estimate of drug-likeness (QED) is 0.826. The lowest BCUT2D eigenvalue weighted by molar-refractivity contribution is -0.137. The number of carbonyl (C=O) groups is 2. The first kappa shape index (κ1) is 13.6. The topological polar surface area (TPSA) is 80.4 Å². The highest BCUT2D eigenvalue weighted by molar-refractivity contribution is 6.05.